The number of hydrogen-bond acceptors (Lipinski definition) is 2. The molecule has 0 atom stereocenters. The first-order valence-electron chi connectivity index (χ1n) is 20.8. The van der Waals surface area contributed by atoms with Crippen molar-refractivity contribution in [3.8, 4) is 56.9 Å². The second-order valence-electron chi connectivity index (χ2n) is 17.6. The molecule has 0 unspecified atom stereocenters. The molecular weight excluding hydrogens is 729 g/mol. The molecular formula is C56H50N4. The Morgan fingerprint density at radius 3 is 1.12 bits per heavy atom. The van der Waals surface area contributed by atoms with Gasteiger partial charge in [0.25, 0.3) is 0 Å². The van der Waals surface area contributed by atoms with Crippen molar-refractivity contribution < 1.29 is 0 Å². The number of aromatic nitrogens is 4. The van der Waals surface area contributed by atoms with E-state index in [0.29, 0.717) is 0 Å². The number of nitrogens with zero attached hydrogens (tertiary/aromatic N) is 2. The molecule has 60 heavy (non-hydrogen) atoms. The number of aromatic amines is 2. The molecule has 8 bridgehead atoms. The smallest absolute Gasteiger partial charge is 0.0737 e. The normalized spacial score (nSPS) is 12.3. The Hall–Kier alpha value is -6.96. The lowest BCUT2D eigenvalue weighted by molar-refractivity contribution is 0.590. The van der Waals surface area contributed by atoms with Crippen molar-refractivity contribution in [3.05, 3.63) is 164 Å². The monoisotopic (exact) mass is 778 g/mol. The Morgan fingerprint density at radius 1 is 0.433 bits per heavy atom. The third kappa shape index (κ3) is 6.81. The number of nitrogens with one attached hydrogen (secondary N) is 2. The molecule has 0 saturated carbocycles. The van der Waals surface area contributed by atoms with Gasteiger partial charge in [-0.05, 0) is 158 Å². The highest BCUT2D eigenvalue weighted by atomic mass is 14.8. The largest absolute Gasteiger partial charge is 0.354 e. The molecule has 5 heterocycles. The Bertz CT molecular complexity index is 3060. The van der Waals surface area contributed by atoms with Crippen LogP contribution in [-0.2, 0) is 5.41 Å². The van der Waals surface area contributed by atoms with Gasteiger partial charge in [0.15, 0.2) is 0 Å². The Kier molecular flexibility index (Phi) is 9.44. The molecule has 0 amide bonds. The van der Waals surface area contributed by atoms with E-state index in [2.05, 4.69) is 187 Å². The van der Waals surface area contributed by atoms with Crippen molar-refractivity contribution in [1.29, 1.82) is 0 Å². The fraction of sp³-hybridized carbons (Fsp3) is 0.179. The first-order valence-corrected chi connectivity index (χ1v) is 20.8. The second-order valence-corrected chi connectivity index (χ2v) is 17.6. The summed E-state index contributed by atoms with van der Waals surface area (Å²) < 4.78 is 0. The predicted octanol–water partition coefficient (Wildman–Crippen LogP) is 14.5. The lowest BCUT2D eigenvalue weighted by Gasteiger charge is -2.19. The molecule has 4 nitrogen and oxygen atoms in total. The Morgan fingerprint density at radius 2 is 0.767 bits per heavy atom. The van der Waals surface area contributed by atoms with Crippen LogP contribution in [0.4, 0.5) is 0 Å². The topological polar surface area (TPSA) is 57.4 Å². The molecule has 0 saturated heterocycles. The molecule has 0 radical (unpaired) electrons. The number of benzene rings is 4. The van der Waals surface area contributed by atoms with Crippen molar-refractivity contribution >= 4 is 46.4 Å². The van der Waals surface area contributed by atoms with Crippen LogP contribution in [0.5, 0.6) is 0 Å². The van der Waals surface area contributed by atoms with Crippen LogP contribution in [-0.4, -0.2) is 19.9 Å². The van der Waals surface area contributed by atoms with Gasteiger partial charge in [-0.25, -0.2) is 9.97 Å². The zero-order valence-electron chi connectivity index (χ0n) is 36.0. The molecule has 2 aliphatic rings. The lowest BCUT2D eigenvalue weighted by atomic mass is 9.86. The number of H-pyrrole nitrogens is 2. The van der Waals surface area contributed by atoms with Crippen molar-refractivity contribution in [1.82, 2.24) is 19.9 Å². The number of aryl methyl sites for hydroxylation is 6. The van der Waals surface area contributed by atoms with Crippen molar-refractivity contribution in [2.45, 2.75) is 67.7 Å². The summed E-state index contributed by atoms with van der Waals surface area (Å²) in [5.41, 5.74) is 25.6. The van der Waals surface area contributed by atoms with E-state index < -0.39 is 0 Å². The van der Waals surface area contributed by atoms with Gasteiger partial charge in [0, 0.05) is 49.9 Å². The van der Waals surface area contributed by atoms with E-state index in [1.54, 1.807) is 0 Å². The van der Waals surface area contributed by atoms with Crippen LogP contribution < -0.4 is 0 Å². The molecule has 3 aromatic heterocycles. The predicted molar refractivity (Wildman–Crippen MR) is 256 cm³/mol. The molecule has 7 aromatic rings. The summed E-state index contributed by atoms with van der Waals surface area (Å²) in [4.78, 5) is 18.9. The average molecular weight is 779 g/mol. The summed E-state index contributed by atoms with van der Waals surface area (Å²) in [6.07, 6.45) is 14.5. The SMILES string of the molecule is C#Cc1ccc(-c2c3nc(c(-c4c(C)cc(C)cc4C)c4ccc([nH]4)c(-c4ccc(C(C)(C)C)cc4)c4nc(c(-c5c(C)cc(C)cc5C)c5ccc2[nH]5)C=C4)C=C3)cc1. The molecule has 0 aliphatic carbocycles. The number of hydrogen-bond donors (Lipinski definition) is 2. The highest BCUT2D eigenvalue weighted by Crippen LogP contribution is 2.41. The van der Waals surface area contributed by atoms with Gasteiger partial charge in [-0.15, -0.1) is 6.42 Å². The molecule has 2 N–H and O–H groups in total. The quantitative estimate of drug-likeness (QED) is 0.175. The fourth-order valence-corrected chi connectivity index (χ4v) is 9.36. The van der Waals surface area contributed by atoms with Crippen molar-refractivity contribution in [3.63, 3.8) is 0 Å². The molecule has 2 aliphatic heterocycles. The molecule has 9 rings (SSSR count). The minimum atomic E-state index is 0.0267. The van der Waals surface area contributed by atoms with Crippen molar-refractivity contribution in [2.75, 3.05) is 0 Å². The first kappa shape index (κ1) is 38.6. The zero-order chi connectivity index (χ0) is 42.0. The van der Waals surface area contributed by atoms with Gasteiger partial charge in [0.05, 0.1) is 22.8 Å². The fourth-order valence-electron chi connectivity index (χ4n) is 9.36. The maximum Gasteiger partial charge on any atom is 0.0737 e. The summed E-state index contributed by atoms with van der Waals surface area (Å²) in [5, 5.41) is 0. The molecule has 0 spiro atoms. The number of terminal acetylenes is 1. The van der Waals surface area contributed by atoms with E-state index in [4.69, 9.17) is 16.4 Å². The van der Waals surface area contributed by atoms with Crippen molar-refractivity contribution in [2.24, 2.45) is 0 Å². The van der Waals surface area contributed by atoms with Crippen LogP contribution in [0.2, 0.25) is 0 Å². The van der Waals surface area contributed by atoms with Crippen LogP contribution in [0.3, 0.4) is 0 Å². The van der Waals surface area contributed by atoms with Gasteiger partial charge in [-0.1, -0.05) is 98.5 Å². The summed E-state index contributed by atoms with van der Waals surface area (Å²) in [6, 6.07) is 35.1. The standard InChI is InChI=1S/C56H50N4/c1-11-38-12-14-39(15-13-38)52-42-20-24-46(57-42)54(50-34(4)28-32(2)29-35(50)5)48-26-22-44(59-48)53(40-16-18-41(19-17-40)56(8,9)10)45-23-27-49(60-45)55(47-25-21-43(52)58-47)51-36(6)30-33(3)31-37(51)7/h1,12-31,57,60H,2-10H3. The summed E-state index contributed by atoms with van der Waals surface area (Å²) in [6.45, 7) is 19.9. The van der Waals surface area contributed by atoms with Crippen LogP contribution in [0.1, 0.15) is 88.1 Å². The molecule has 0 fully saturated rings. The zero-order valence-corrected chi connectivity index (χ0v) is 36.0. The summed E-state index contributed by atoms with van der Waals surface area (Å²) in [7, 11) is 0. The number of rotatable bonds is 4. The van der Waals surface area contributed by atoms with Crippen LogP contribution in [0, 0.1) is 53.9 Å². The maximum atomic E-state index is 5.83. The Labute approximate surface area is 353 Å². The highest BCUT2D eigenvalue weighted by molar-refractivity contribution is 6.01. The third-order valence-corrected chi connectivity index (χ3v) is 12.0. The van der Waals surface area contributed by atoms with Gasteiger partial charge in [-0.2, -0.15) is 0 Å². The van der Waals surface area contributed by atoms with Gasteiger partial charge in [0.2, 0.25) is 0 Å². The van der Waals surface area contributed by atoms with E-state index in [-0.39, 0.29) is 5.41 Å². The summed E-state index contributed by atoms with van der Waals surface area (Å²) >= 11 is 0. The average Bonchev–Trinajstić information content (AvgIpc) is 4.04. The molecule has 4 heteroatoms. The van der Waals surface area contributed by atoms with Crippen LogP contribution >= 0.6 is 0 Å². The highest BCUT2D eigenvalue weighted by Gasteiger charge is 2.22. The van der Waals surface area contributed by atoms with E-state index in [1.165, 1.54) is 50.1 Å². The third-order valence-electron chi connectivity index (χ3n) is 12.0. The van der Waals surface area contributed by atoms with Crippen LogP contribution in [0.15, 0.2) is 97.1 Å². The first-order chi connectivity index (χ1) is 28.8. The van der Waals surface area contributed by atoms with Gasteiger partial charge in [0.1, 0.15) is 0 Å². The molecule has 4 aromatic carbocycles. The number of fused-ring (bicyclic) bond motifs is 8. The Balaban J connectivity index is 1.49. The van der Waals surface area contributed by atoms with E-state index >= 15 is 0 Å². The van der Waals surface area contributed by atoms with E-state index in [1.807, 2.05) is 12.1 Å². The van der Waals surface area contributed by atoms with E-state index in [0.717, 1.165) is 83.8 Å². The maximum absolute atomic E-state index is 5.83. The van der Waals surface area contributed by atoms with Gasteiger partial charge < -0.3 is 9.97 Å². The lowest BCUT2D eigenvalue weighted by Crippen LogP contribution is -2.10. The van der Waals surface area contributed by atoms with Crippen LogP contribution in [0.25, 0.3) is 90.9 Å². The van der Waals surface area contributed by atoms with Gasteiger partial charge in [-0.3, -0.25) is 0 Å². The summed E-state index contributed by atoms with van der Waals surface area (Å²) in [5.74, 6) is 2.79. The second kappa shape index (κ2) is 14.7. The van der Waals surface area contributed by atoms with E-state index in [9.17, 15) is 0 Å². The minimum absolute atomic E-state index is 0.0267. The molecule has 294 valence electrons. The van der Waals surface area contributed by atoms with Gasteiger partial charge >= 0.3 is 0 Å². The minimum Gasteiger partial charge on any atom is -0.354 e.